The molecule has 10 nitrogen and oxygen atoms in total. The Morgan fingerprint density at radius 1 is 0.844 bits per heavy atom. The molecule has 0 bridgehead atoms. The fraction of sp³-hybridized carbons (Fsp3) is 0. The zero-order chi connectivity index (χ0) is 22.6. The molecule has 32 heavy (non-hydrogen) atoms. The minimum Gasteiger partial charge on any atom is -0.433 e. The molecule has 0 fully saturated rings. The molecule has 160 valence electrons. The van der Waals surface area contributed by atoms with Crippen LogP contribution in [0.3, 0.4) is 0 Å². The number of nitrogens with one attached hydrogen (secondary N) is 2. The molecule has 0 saturated carbocycles. The summed E-state index contributed by atoms with van der Waals surface area (Å²) in [6, 6.07) is 3.57. The molecule has 0 aliphatic heterocycles. The van der Waals surface area contributed by atoms with E-state index in [1.54, 1.807) is 18.5 Å². The van der Waals surface area contributed by atoms with Crippen LogP contribution in [0.15, 0.2) is 51.9 Å². The fourth-order valence-electron chi connectivity index (χ4n) is 2.99. The Labute approximate surface area is 202 Å². The molecule has 0 atom stereocenters. The number of nitrogens with zero attached hydrogens (tertiary/aromatic N) is 4. The van der Waals surface area contributed by atoms with Crippen molar-refractivity contribution in [1.82, 2.24) is 29.9 Å². The molecule has 2 N–H and O–H groups in total. The van der Waals surface area contributed by atoms with Crippen molar-refractivity contribution in [2.45, 2.75) is 0 Å². The highest BCUT2D eigenvalue weighted by molar-refractivity contribution is 9.10. The molecule has 0 amide bonds. The Balaban J connectivity index is 0.000000135. The number of aromatic nitrogens is 6. The van der Waals surface area contributed by atoms with Crippen molar-refractivity contribution in [2.24, 2.45) is 0 Å². The molecule has 6 heterocycles. The van der Waals surface area contributed by atoms with Gasteiger partial charge in [-0.15, -0.1) is 0 Å². The molecular weight excluding hydrogens is 595 g/mol. The van der Waals surface area contributed by atoms with E-state index in [-0.39, 0.29) is 16.0 Å². The summed E-state index contributed by atoms with van der Waals surface area (Å²) in [5.41, 5.74) is 1.02. The second-order valence-corrected chi connectivity index (χ2v) is 8.82. The Kier molecular flexibility index (Phi) is 5.24. The summed E-state index contributed by atoms with van der Waals surface area (Å²) in [4.78, 5) is 43.2. The lowest BCUT2D eigenvalue weighted by Crippen LogP contribution is -2.20. The average molecular weight is 601 g/mol. The summed E-state index contributed by atoms with van der Waals surface area (Å²) in [6.07, 6.45) is 3.19. The number of furan rings is 2. The van der Waals surface area contributed by atoms with Crippen LogP contribution in [0, 0.1) is 0 Å². The minimum atomic E-state index is -0.569. The lowest BCUT2D eigenvalue weighted by Gasteiger charge is -1.92. The van der Waals surface area contributed by atoms with Crippen LogP contribution in [-0.2, 0) is 0 Å². The first kappa shape index (κ1) is 21.1. The Bertz CT molecular complexity index is 1790. The highest BCUT2D eigenvalue weighted by atomic mass is 79.9. The average Bonchev–Trinajstić information content (AvgIpc) is 3.27. The quantitative estimate of drug-likeness (QED) is 0.184. The van der Waals surface area contributed by atoms with Gasteiger partial charge in [-0.1, -0.05) is 11.6 Å². The van der Waals surface area contributed by atoms with E-state index in [0.717, 1.165) is 14.3 Å². The van der Waals surface area contributed by atoms with Crippen LogP contribution in [0.25, 0.3) is 44.4 Å². The molecule has 0 aromatic carbocycles. The van der Waals surface area contributed by atoms with Crippen LogP contribution in [0.1, 0.15) is 0 Å². The van der Waals surface area contributed by atoms with Crippen LogP contribution in [0.4, 0.5) is 0 Å². The third-order valence-electron chi connectivity index (χ3n) is 4.25. The first-order valence-corrected chi connectivity index (χ1v) is 10.9. The summed E-state index contributed by atoms with van der Waals surface area (Å²) >= 11 is 18.2. The Morgan fingerprint density at radius 2 is 1.47 bits per heavy atom. The second kappa shape index (κ2) is 7.96. The topological polar surface area (TPSA) is 144 Å². The molecule has 0 aliphatic rings. The standard InChI is InChI=1S/C9H2BrCl2N3O.C9H4BrN3O3/c10-3-1-4-5-6(16-8(4)13-2-3)7(11)15-9(12)14-5;10-3-1-4-5-6(16-8(4)11-2-3)7(14)13-9(15)12-5/h1-2H;1-2H,(H2,12,13,14,15). The summed E-state index contributed by atoms with van der Waals surface area (Å²) in [7, 11) is 0. The van der Waals surface area contributed by atoms with E-state index in [1.165, 1.54) is 0 Å². The Morgan fingerprint density at radius 3 is 2.19 bits per heavy atom. The van der Waals surface area contributed by atoms with E-state index in [4.69, 9.17) is 32.0 Å². The van der Waals surface area contributed by atoms with E-state index in [1.807, 2.05) is 6.07 Å². The van der Waals surface area contributed by atoms with Gasteiger partial charge in [-0.3, -0.25) is 9.78 Å². The monoisotopic (exact) mass is 598 g/mol. The largest absolute Gasteiger partial charge is 0.433 e. The number of pyridine rings is 2. The molecule has 6 aromatic heterocycles. The van der Waals surface area contributed by atoms with Gasteiger partial charge in [0.05, 0.1) is 10.8 Å². The van der Waals surface area contributed by atoms with Gasteiger partial charge in [0.15, 0.2) is 10.7 Å². The van der Waals surface area contributed by atoms with Gasteiger partial charge in [0.1, 0.15) is 11.0 Å². The minimum absolute atomic E-state index is 0.0696. The first-order chi connectivity index (χ1) is 15.3. The molecule has 6 rings (SSSR count). The maximum absolute atomic E-state index is 11.4. The van der Waals surface area contributed by atoms with E-state index in [2.05, 4.69) is 61.8 Å². The normalized spacial score (nSPS) is 11.4. The van der Waals surface area contributed by atoms with Gasteiger partial charge in [0.2, 0.25) is 22.3 Å². The van der Waals surface area contributed by atoms with Gasteiger partial charge >= 0.3 is 5.69 Å². The third-order valence-corrected chi connectivity index (χ3v) is 5.55. The highest BCUT2D eigenvalue weighted by Crippen LogP contribution is 2.32. The van der Waals surface area contributed by atoms with Crippen molar-refractivity contribution in [3.05, 3.63) is 64.7 Å². The van der Waals surface area contributed by atoms with Crippen molar-refractivity contribution in [3.63, 3.8) is 0 Å². The first-order valence-electron chi connectivity index (χ1n) is 8.57. The zero-order valence-corrected chi connectivity index (χ0v) is 19.9. The van der Waals surface area contributed by atoms with Crippen molar-refractivity contribution in [2.75, 3.05) is 0 Å². The second-order valence-electron chi connectivity index (χ2n) is 6.29. The predicted molar refractivity (Wildman–Crippen MR) is 125 cm³/mol. The number of hydrogen-bond acceptors (Lipinski definition) is 8. The van der Waals surface area contributed by atoms with Gasteiger partial charge in [0.25, 0.3) is 5.56 Å². The third kappa shape index (κ3) is 3.68. The van der Waals surface area contributed by atoms with Crippen LogP contribution in [-0.4, -0.2) is 29.9 Å². The van der Waals surface area contributed by atoms with Crippen molar-refractivity contribution < 1.29 is 8.83 Å². The summed E-state index contributed by atoms with van der Waals surface area (Å²) in [5.74, 6) is 0. The molecule has 14 heteroatoms. The van der Waals surface area contributed by atoms with Crippen LogP contribution >= 0.6 is 55.1 Å². The van der Waals surface area contributed by atoms with Crippen molar-refractivity contribution in [3.8, 4) is 0 Å². The molecule has 0 spiro atoms. The fourth-order valence-corrected chi connectivity index (χ4v) is 4.07. The van der Waals surface area contributed by atoms with Gasteiger partial charge in [-0.05, 0) is 55.6 Å². The number of hydrogen-bond donors (Lipinski definition) is 2. The molecular formula is C18H6Br2Cl2N6O4. The predicted octanol–water partition coefficient (Wildman–Crippen LogP) is 4.96. The van der Waals surface area contributed by atoms with Gasteiger partial charge < -0.3 is 13.8 Å². The van der Waals surface area contributed by atoms with E-state index in [0.29, 0.717) is 33.4 Å². The number of H-pyrrole nitrogens is 2. The smallest absolute Gasteiger partial charge is 0.326 e. The lowest BCUT2D eigenvalue weighted by atomic mass is 10.3. The van der Waals surface area contributed by atoms with Crippen LogP contribution in [0.5, 0.6) is 0 Å². The van der Waals surface area contributed by atoms with E-state index in [9.17, 15) is 9.59 Å². The number of aromatic amines is 2. The van der Waals surface area contributed by atoms with E-state index < -0.39 is 11.2 Å². The van der Waals surface area contributed by atoms with Crippen molar-refractivity contribution in [1.29, 1.82) is 0 Å². The SMILES string of the molecule is Clc1nc(Cl)c2oc3ncc(Br)cc3c2n1.O=c1[nH]c(=O)c2oc3ncc(Br)cc3c2[nH]1. The maximum atomic E-state index is 11.4. The summed E-state index contributed by atoms with van der Waals surface area (Å²) in [5, 5.41) is 1.60. The van der Waals surface area contributed by atoms with Gasteiger partial charge in [0, 0.05) is 21.3 Å². The van der Waals surface area contributed by atoms with Crippen molar-refractivity contribution >= 4 is 99.5 Å². The number of halogens is 4. The summed E-state index contributed by atoms with van der Waals surface area (Å²) in [6.45, 7) is 0. The van der Waals surface area contributed by atoms with E-state index >= 15 is 0 Å². The van der Waals surface area contributed by atoms with Crippen LogP contribution < -0.4 is 11.2 Å². The lowest BCUT2D eigenvalue weighted by molar-refractivity contribution is 0.646. The molecule has 0 unspecified atom stereocenters. The van der Waals surface area contributed by atoms with Gasteiger partial charge in [-0.25, -0.2) is 24.7 Å². The molecule has 0 radical (unpaired) electrons. The highest BCUT2D eigenvalue weighted by Gasteiger charge is 2.15. The summed E-state index contributed by atoms with van der Waals surface area (Å²) < 4.78 is 12.3. The Hall–Kier alpha value is -2.80. The molecule has 0 aliphatic carbocycles. The van der Waals surface area contributed by atoms with Gasteiger partial charge in [-0.2, -0.15) is 0 Å². The zero-order valence-electron chi connectivity index (χ0n) is 15.2. The number of fused-ring (bicyclic) bond motifs is 6. The maximum Gasteiger partial charge on any atom is 0.326 e. The molecule has 0 saturated heterocycles. The number of rotatable bonds is 0. The van der Waals surface area contributed by atoms with Crippen LogP contribution in [0.2, 0.25) is 10.4 Å². The molecule has 6 aromatic rings.